The van der Waals surface area contributed by atoms with Gasteiger partial charge in [0, 0.05) is 19.8 Å². The van der Waals surface area contributed by atoms with Gasteiger partial charge in [0.15, 0.2) is 6.29 Å². The van der Waals surface area contributed by atoms with Gasteiger partial charge in [0.2, 0.25) is 0 Å². The van der Waals surface area contributed by atoms with Gasteiger partial charge in [0.1, 0.15) is 0 Å². The van der Waals surface area contributed by atoms with Crippen molar-refractivity contribution in [2.75, 3.05) is 39.5 Å². The maximum Gasteiger partial charge on any atom is 0.154 e. The van der Waals surface area contributed by atoms with Crippen LogP contribution in [0.4, 0.5) is 0 Å². The van der Waals surface area contributed by atoms with Crippen LogP contribution in [0.2, 0.25) is 0 Å². The van der Waals surface area contributed by atoms with Crippen LogP contribution in [0.1, 0.15) is 194 Å². The molecular weight excluding hydrogens is 570 g/mol. The van der Waals surface area contributed by atoms with Gasteiger partial charge in [-0.2, -0.15) is 0 Å². The average Bonchev–Trinajstić information content (AvgIpc) is 3.04. The second kappa shape index (κ2) is 29.7. The first-order valence-corrected chi connectivity index (χ1v) is 20.8. The minimum Gasteiger partial charge on any atom is -0.395 e. The van der Waals surface area contributed by atoms with Crippen LogP contribution in [-0.4, -0.2) is 67.0 Å². The molecule has 274 valence electrons. The average molecular weight is 652 g/mol. The monoisotopic (exact) mass is 652 g/mol. The topological polar surface area (TPSA) is 62.2 Å². The highest BCUT2D eigenvalue weighted by Gasteiger charge is 2.31. The van der Waals surface area contributed by atoms with E-state index < -0.39 is 6.29 Å². The number of hydrogen-bond acceptors (Lipinski definition) is 5. The normalized spacial score (nSPS) is 21.2. The molecule has 2 fully saturated rings. The standard InChI is InChI=1S/C41H81NO4/c1-3-4-5-6-8-15-20-33-46-41(44)27-16-11-10-13-18-29-42(30-31-43)28-17-12-7-9-14-19-32-45-37(2)23-21-24-38-34-39-25-22-26-40(35-38)36-39/h37-41,43-44H,3-36H2,1-2H3. The van der Waals surface area contributed by atoms with Gasteiger partial charge in [-0.15, -0.1) is 0 Å². The molecule has 2 aliphatic carbocycles. The van der Waals surface area contributed by atoms with Gasteiger partial charge in [-0.05, 0) is 102 Å². The molecule has 0 heterocycles. The highest BCUT2D eigenvalue weighted by atomic mass is 16.6. The molecule has 2 saturated carbocycles. The quantitative estimate of drug-likeness (QED) is 0.0546. The molecule has 0 aromatic carbocycles. The van der Waals surface area contributed by atoms with Gasteiger partial charge >= 0.3 is 0 Å². The van der Waals surface area contributed by atoms with E-state index in [9.17, 15) is 10.2 Å². The van der Waals surface area contributed by atoms with Crippen molar-refractivity contribution < 1.29 is 19.7 Å². The van der Waals surface area contributed by atoms with Crippen molar-refractivity contribution in [2.45, 2.75) is 206 Å². The lowest BCUT2D eigenvalue weighted by molar-refractivity contribution is -0.105. The maximum atomic E-state index is 10.1. The molecule has 0 radical (unpaired) electrons. The van der Waals surface area contributed by atoms with Crippen LogP contribution in [0, 0.1) is 17.8 Å². The molecule has 0 aliphatic heterocycles. The summed E-state index contributed by atoms with van der Waals surface area (Å²) in [6, 6.07) is 0. The number of fused-ring (bicyclic) bond motifs is 2. The summed E-state index contributed by atoms with van der Waals surface area (Å²) in [5.74, 6) is 3.14. The van der Waals surface area contributed by atoms with E-state index in [1.165, 1.54) is 154 Å². The Morgan fingerprint density at radius 3 is 1.76 bits per heavy atom. The zero-order valence-electron chi connectivity index (χ0n) is 31.1. The maximum absolute atomic E-state index is 10.1. The molecule has 2 aliphatic rings. The summed E-state index contributed by atoms with van der Waals surface area (Å²) in [6.07, 6.45) is 36.3. The Labute approximate surface area is 287 Å². The highest BCUT2D eigenvalue weighted by Crippen LogP contribution is 2.44. The van der Waals surface area contributed by atoms with Crippen LogP contribution < -0.4 is 0 Å². The van der Waals surface area contributed by atoms with Crippen LogP contribution in [0.3, 0.4) is 0 Å². The van der Waals surface area contributed by atoms with Crippen LogP contribution in [0.25, 0.3) is 0 Å². The van der Waals surface area contributed by atoms with Crippen LogP contribution in [-0.2, 0) is 9.47 Å². The minimum absolute atomic E-state index is 0.261. The van der Waals surface area contributed by atoms with Gasteiger partial charge in [-0.3, -0.25) is 0 Å². The second-order valence-electron chi connectivity index (χ2n) is 15.5. The number of aliphatic hydroxyl groups excluding tert-OH is 2. The molecule has 5 heteroatoms. The first kappa shape index (κ1) is 42.0. The number of ether oxygens (including phenoxy) is 2. The van der Waals surface area contributed by atoms with E-state index in [1.807, 2.05) is 0 Å². The molecule has 2 rings (SSSR count). The summed E-state index contributed by atoms with van der Waals surface area (Å²) in [4.78, 5) is 2.45. The molecule has 46 heavy (non-hydrogen) atoms. The second-order valence-corrected chi connectivity index (χ2v) is 15.5. The van der Waals surface area contributed by atoms with Crippen molar-refractivity contribution in [2.24, 2.45) is 17.8 Å². The summed E-state index contributed by atoms with van der Waals surface area (Å²) in [5.41, 5.74) is 0. The van der Waals surface area contributed by atoms with Crippen molar-refractivity contribution in [1.29, 1.82) is 0 Å². The number of rotatable bonds is 33. The Morgan fingerprint density at radius 2 is 1.15 bits per heavy atom. The Kier molecular flexibility index (Phi) is 27.1. The van der Waals surface area contributed by atoms with Gasteiger partial charge in [0.25, 0.3) is 0 Å². The molecule has 5 nitrogen and oxygen atoms in total. The van der Waals surface area contributed by atoms with E-state index in [4.69, 9.17) is 9.47 Å². The largest absolute Gasteiger partial charge is 0.395 e. The Morgan fingerprint density at radius 1 is 0.609 bits per heavy atom. The first-order valence-electron chi connectivity index (χ1n) is 20.8. The lowest BCUT2D eigenvalue weighted by Crippen LogP contribution is -2.29. The predicted octanol–water partition coefficient (Wildman–Crippen LogP) is 10.8. The van der Waals surface area contributed by atoms with E-state index in [2.05, 4.69) is 18.7 Å². The third kappa shape index (κ3) is 23.2. The molecule has 4 atom stereocenters. The lowest BCUT2D eigenvalue weighted by Gasteiger charge is -2.39. The molecule has 0 spiro atoms. The van der Waals surface area contributed by atoms with Gasteiger partial charge in [0.05, 0.1) is 12.7 Å². The van der Waals surface area contributed by atoms with Gasteiger partial charge < -0.3 is 24.6 Å². The molecule has 2 bridgehead atoms. The molecule has 0 aromatic heterocycles. The number of aliphatic hydroxyl groups is 2. The van der Waals surface area contributed by atoms with Crippen LogP contribution in [0.15, 0.2) is 0 Å². The van der Waals surface area contributed by atoms with Crippen LogP contribution >= 0.6 is 0 Å². The highest BCUT2D eigenvalue weighted by molar-refractivity contribution is 4.83. The zero-order chi connectivity index (χ0) is 32.9. The smallest absolute Gasteiger partial charge is 0.154 e. The predicted molar refractivity (Wildman–Crippen MR) is 196 cm³/mol. The lowest BCUT2D eigenvalue weighted by atomic mass is 9.67. The molecule has 4 unspecified atom stereocenters. The number of nitrogens with zero attached hydrogens (tertiary/aromatic N) is 1. The van der Waals surface area contributed by atoms with Gasteiger partial charge in [-0.1, -0.05) is 122 Å². The van der Waals surface area contributed by atoms with E-state index >= 15 is 0 Å². The third-order valence-corrected chi connectivity index (χ3v) is 11.1. The molecular formula is C41H81NO4. The Hall–Kier alpha value is -0.200. The van der Waals surface area contributed by atoms with E-state index in [0.29, 0.717) is 12.7 Å². The van der Waals surface area contributed by atoms with Crippen molar-refractivity contribution in [1.82, 2.24) is 4.90 Å². The van der Waals surface area contributed by atoms with Gasteiger partial charge in [-0.25, -0.2) is 0 Å². The van der Waals surface area contributed by atoms with Crippen molar-refractivity contribution in [3.63, 3.8) is 0 Å². The summed E-state index contributed by atoms with van der Waals surface area (Å²) >= 11 is 0. The minimum atomic E-state index is -0.581. The van der Waals surface area contributed by atoms with Crippen LogP contribution in [0.5, 0.6) is 0 Å². The van der Waals surface area contributed by atoms with E-state index in [1.54, 1.807) is 6.42 Å². The molecule has 2 N–H and O–H groups in total. The summed E-state index contributed by atoms with van der Waals surface area (Å²) in [6.45, 7) is 9.46. The summed E-state index contributed by atoms with van der Waals surface area (Å²) < 4.78 is 11.8. The Balaban J connectivity index is 1.31. The van der Waals surface area contributed by atoms with Crippen molar-refractivity contribution >= 4 is 0 Å². The number of hydrogen-bond donors (Lipinski definition) is 2. The third-order valence-electron chi connectivity index (χ3n) is 11.1. The Bertz CT molecular complexity index is 636. The zero-order valence-corrected chi connectivity index (χ0v) is 31.1. The fourth-order valence-electron chi connectivity index (χ4n) is 8.34. The number of unbranched alkanes of at least 4 members (excludes halogenated alkanes) is 15. The SMILES string of the molecule is CCCCCCCCCOC(O)CCCCCCCN(CCO)CCCCCCCCOC(C)CCCC1CC2CCCC(C2)C1. The molecule has 0 amide bonds. The summed E-state index contributed by atoms with van der Waals surface area (Å²) in [7, 11) is 0. The van der Waals surface area contributed by atoms with E-state index in [0.717, 1.165) is 63.3 Å². The van der Waals surface area contributed by atoms with Crippen molar-refractivity contribution in [3.8, 4) is 0 Å². The first-order chi connectivity index (χ1) is 22.6. The van der Waals surface area contributed by atoms with Crippen molar-refractivity contribution in [3.05, 3.63) is 0 Å². The fourth-order valence-corrected chi connectivity index (χ4v) is 8.34. The fraction of sp³-hybridized carbons (Fsp3) is 1.00. The van der Waals surface area contributed by atoms with E-state index in [-0.39, 0.29) is 6.61 Å². The summed E-state index contributed by atoms with van der Waals surface area (Å²) in [5, 5.41) is 19.6. The molecule has 0 saturated heterocycles. The molecule has 0 aromatic rings.